The molecule has 299 valence electrons. The van der Waals surface area contributed by atoms with Gasteiger partial charge in [0.05, 0.1) is 11.9 Å². The molecule has 16 nitrogen and oxygen atoms in total. The number of carbonyl (C=O) groups is 4. The van der Waals surface area contributed by atoms with Crippen molar-refractivity contribution >= 4 is 46.3 Å². The van der Waals surface area contributed by atoms with Crippen LogP contribution in [0.2, 0.25) is 0 Å². The van der Waals surface area contributed by atoms with E-state index in [1.165, 1.54) is 72.8 Å². The maximum Gasteiger partial charge on any atom is 3.00 e. The summed E-state index contributed by atoms with van der Waals surface area (Å²) in [6.07, 6.45) is 0. The first-order valence-electron chi connectivity index (χ1n) is 17.6. The number of benzene rings is 6. The molecule has 61 heavy (non-hydrogen) atoms. The van der Waals surface area contributed by atoms with Gasteiger partial charge in [-0.3, -0.25) is 31.3 Å². The van der Waals surface area contributed by atoms with Gasteiger partial charge in [-0.05, 0) is 22.4 Å². The molecule has 0 spiro atoms. The zero-order valence-corrected chi connectivity index (χ0v) is 32.3. The molecule has 0 amide bonds. The van der Waals surface area contributed by atoms with E-state index in [0.29, 0.717) is 22.5 Å². The normalized spacial score (nSPS) is 11.0. The Morgan fingerprint density at radius 1 is 0.574 bits per heavy atom. The molecule has 2 N–H and O–H groups in total. The summed E-state index contributed by atoms with van der Waals surface area (Å²) in [4.78, 5) is 80.0. The fourth-order valence-electron chi connectivity index (χ4n) is 6.10. The van der Waals surface area contributed by atoms with Crippen LogP contribution in [-0.2, 0) is 17.4 Å². The van der Waals surface area contributed by atoms with Crippen LogP contribution in [0, 0.1) is 0 Å². The number of aromatic nitrogens is 2. The van der Waals surface area contributed by atoms with E-state index in [4.69, 9.17) is 0 Å². The third-order valence-electron chi connectivity index (χ3n) is 9.02. The third-order valence-corrected chi connectivity index (χ3v) is 9.02. The number of carboxylic acids is 2. The van der Waals surface area contributed by atoms with Crippen LogP contribution >= 0.6 is 0 Å². The number of hydrogen-bond donors (Lipinski definition) is 2. The molecule has 0 aromatic heterocycles. The first-order chi connectivity index (χ1) is 28.9. The van der Waals surface area contributed by atoms with Gasteiger partial charge in [0.25, 0.3) is 11.1 Å². The number of carbonyl (C=O) groups excluding carboxylic acids is 4. The van der Waals surface area contributed by atoms with Crippen molar-refractivity contribution < 1.29 is 71.5 Å². The summed E-state index contributed by atoms with van der Waals surface area (Å²) < 4.78 is 0. The summed E-state index contributed by atoms with van der Waals surface area (Å²) in [7, 11) is 0. The zero-order chi connectivity index (χ0) is 42.5. The van der Waals surface area contributed by atoms with Crippen LogP contribution in [0.3, 0.4) is 0 Å². The molecule has 2 heterocycles. The second-order valence-corrected chi connectivity index (χ2v) is 12.8. The van der Waals surface area contributed by atoms with Gasteiger partial charge in [0, 0.05) is 33.4 Å². The first kappa shape index (κ1) is 42.2. The molecule has 0 bridgehead atoms. The summed E-state index contributed by atoms with van der Waals surface area (Å²) in [5, 5.41) is 60.0. The van der Waals surface area contributed by atoms with Crippen LogP contribution in [0.15, 0.2) is 153 Å². The predicted octanol–water partition coefficient (Wildman–Crippen LogP) is 0.632. The van der Waals surface area contributed by atoms with E-state index in [-0.39, 0.29) is 77.8 Å². The standard InChI is InChI=1S/2C22H14N3O5.Cr/c2*26-18-10-9-12(20(27)13-5-1-2-6-14(13)22(29)30)11-17(18)24-25-19-15-7-3-4-8-16(15)23-21(19)28;/h2*1-11,25-26H,(H,29,30);/q2*-1;+3/p-1. The first-order valence-corrected chi connectivity index (χ1v) is 17.6. The Balaban J connectivity index is 0.000000320. The molecule has 0 saturated carbocycles. The molecule has 4 aliphatic rings. The quantitative estimate of drug-likeness (QED) is 0.109. The molecule has 0 unspecified atom stereocenters. The van der Waals surface area contributed by atoms with E-state index in [1.54, 1.807) is 48.5 Å². The molecular weight excluding hydrogens is 825 g/mol. The zero-order valence-electron chi connectivity index (χ0n) is 34.0. The summed E-state index contributed by atoms with van der Waals surface area (Å²) in [5.74, 6) is -5.13. The molecule has 0 fully saturated rings. The molecular formula is C44H27CrN6O10. The van der Waals surface area contributed by atoms with Crippen LogP contribution < -0.4 is 41.8 Å². The fourth-order valence-corrected chi connectivity index (χ4v) is 6.10. The minimum atomic E-state index is -1.48. The molecule has 2 aliphatic heterocycles. The van der Waals surface area contributed by atoms with Crippen molar-refractivity contribution in [3.63, 3.8) is 0 Å². The fraction of sp³-hybridized carbons (Fsp3) is 0. The Bertz CT molecular complexity index is 2900. The number of azo groups is 2. The van der Waals surface area contributed by atoms with E-state index < -0.39 is 46.1 Å². The van der Waals surface area contributed by atoms with E-state index in [2.05, 4.69) is 30.4 Å². The van der Waals surface area contributed by atoms with Crippen molar-refractivity contribution in [1.82, 2.24) is 9.97 Å². The van der Waals surface area contributed by atoms with Crippen molar-refractivity contribution in [2.45, 2.75) is 0 Å². The molecule has 2 aliphatic carbocycles. The third kappa shape index (κ3) is 8.88. The van der Waals surface area contributed by atoms with E-state index in [0.717, 1.165) is 12.1 Å². The van der Waals surface area contributed by atoms with Gasteiger partial charge in [0.15, 0.2) is 11.6 Å². The maximum atomic E-state index is 12.8. The number of ketones is 2. The van der Waals surface area contributed by atoms with Gasteiger partial charge in [-0.1, -0.05) is 84.3 Å². The summed E-state index contributed by atoms with van der Waals surface area (Å²) >= 11 is 0. The number of fused-ring (bicyclic) bond motifs is 2. The van der Waals surface area contributed by atoms with Crippen molar-refractivity contribution in [2.75, 3.05) is 0 Å². The van der Waals surface area contributed by atoms with Crippen LogP contribution in [0.4, 0.5) is 22.7 Å². The van der Waals surface area contributed by atoms with Gasteiger partial charge >= 0.3 is 21.6 Å². The predicted molar refractivity (Wildman–Crippen MR) is 206 cm³/mol. The molecule has 8 rings (SSSR count). The van der Waals surface area contributed by atoms with E-state index in [1.807, 2.05) is 0 Å². The Morgan fingerprint density at radius 3 is 1.33 bits per heavy atom. The number of hydrogen-bond acceptors (Lipinski definition) is 14. The van der Waals surface area contributed by atoms with Crippen molar-refractivity contribution in [3.8, 4) is 34.0 Å². The topological polar surface area (TPSA) is 273 Å². The number of aromatic carboxylic acids is 2. The minimum Gasteiger partial charge on any atom is -0.871 e. The van der Waals surface area contributed by atoms with Gasteiger partial charge in [-0.2, -0.15) is 33.5 Å². The molecule has 0 saturated heterocycles. The van der Waals surface area contributed by atoms with E-state index >= 15 is 0 Å². The van der Waals surface area contributed by atoms with Gasteiger partial charge in [-0.15, -0.1) is 11.4 Å². The Hall–Kier alpha value is -8.39. The summed E-state index contributed by atoms with van der Waals surface area (Å²) in [6.45, 7) is 0. The summed E-state index contributed by atoms with van der Waals surface area (Å²) in [5.41, 5.74) is 0.523. The van der Waals surface area contributed by atoms with Crippen LogP contribution in [0.1, 0.15) is 56.8 Å². The van der Waals surface area contributed by atoms with Gasteiger partial charge in [0.1, 0.15) is 22.7 Å². The number of nitrogens with one attached hydrogen (secondary N) is 2. The van der Waals surface area contributed by atoms with Crippen molar-refractivity contribution in [2.24, 2.45) is 10.2 Å². The molecule has 0 atom stereocenters. The van der Waals surface area contributed by atoms with Gasteiger partial charge in [0.2, 0.25) is 0 Å². The van der Waals surface area contributed by atoms with Crippen LogP contribution in [-0.4, -0.2) is 33.5 Å². The van der Waals surface area contributed by atoms with Crippen molar-refractivity contribution in [1.29, 1.82) is 0 Å². The average Bonchev–Trinajstić information content (AvgIpc) is 3.76. The maximum absolute atomic E-state index is 12.8. The Labute approximate surface area is 358 Å². The second kappa shape index (κ2) is 18.0. The largest absolute Gasteiger partial charge is 3.00 e. The van der Waals surface area contributed by atoms with Crippen molar-refractivity contribution in [3.05, 3.63) is 188 Å². The molecule has 1 radical (unpaired) electrons. The number of nitrogens with zero attached hydrogens (tertiary/aromatic N) is 4. The van der Waals surface area contributed by atoms with Crippen LogP contribution in [0.25, 0.3) is 22.5 Å². The molecule has 4 aromatic rings. The monoisotopic (exact) mass is 851 g/mol. The molecule has 4 aromatic carbocycles. The van der Waals surface area contributed by atoms with E-state index in [9.17, 15) is 49.2 Å². The summed E-state index contributed by atoms with van der Waals surface area (Å²) in [6, 6.07) is 32.3. The smallest absolute Gasteiger partial charge is 0.871 e. The number of rotatable bonds is 10. The SMILES string of the molecule is O=C([O-])c1ccccc1C(=O)c1ccc([O-])c(N=[NH+][c-]2c3c[cH-]ccc-3nc2=O)c1.O=C([O-])c1ccccc1C(=O)c1ccc([O-])c(N=[NH+][c-]2c3c[cH-]ccc-3nc2=O)c1.[Cr+3].[H+].[H+].[H+]. The second-order valence-electron chi connectivity index (χ2n) is 12.8. The molecule has 17 heteroatoms. The minimum absolute atomic E-state index is 0. The number of carboxylic acid groups (broad SMARTS) is 2. The van der Waals surface area contributed by atoms with Gasteiger partial charge in [-0.25, -0.2) is 24.3 Å². The Kier molecular flexibility index (Phi) is 12.5. The number of para-hydroxylation sites is 2. The Morgan fingerprint density at radius 2 is 0.951 bits per heavy atom. The van der Waals surface area contributed by atoms with Gasteiger partial charge < -0.3 is 40.0 Å². The van der Waals surface area contributed by atoms with Crippen LogP contribution in [0.5, 0.6) is 11.5 Å². The average molecular weight is 852 g/mol.